The van der Waals surface area contributed by atoms with E-state index in [4.69, 9.17) is 9.84 Å². The van der Waals surface area contributed by atoms with E-state index >= 15 is 0 Å². The van der Waals surface area contributed by atoms with Gasteiger partial charge in [-0.2, -0.15) is 0 Å². The average Bonchev–Trinajstić information content (AvgIpc) is 2.60. The molecule has 1 atom stereocenters. The lowest BCUT2D eigenvalue weighted by atomic mass is 10.1. The summed E-state index contributed by atoms with van der Waals surface area (Å²) in [5.41, 5.74) is 1.09. The first-order valence-corrected chi connectivity index (χ1v) is 8.39. The van der Waals surface area contributed by atoms with E-state index in [0.717, 1.165) is 5.56 Å². The molecule has 0 saturated carbocycles. The SMILES string of the molecule is COc1ccccc1[C@H](C)NC(=O)CSc1ccccc1C(=O)O. The lowest BCUT2D eigenvalue weighted by Crippen LogP contribution is -2.28. The first kappa shape index (κ1) is 17.9. The molecule has 0 radical (unpaired) electrons. The Hall–Kier alpha value is -2.47. The summed E-state index contributed by atoms with van der Waals surface area (Å²) in [6.45, 7) is 1.88. The molecule has 0 bridgehead atoms. The molecule has 0 aliphatic heterocycles. The fourth-order valence-corrected chi connectivity index (χ4v) is 3.15. The molecule has 0 saturated heterocycles. The number of aromatic carboxylic acids is 1. The van der Waals surface area contributed by atoms with Gasteiger partial charge in [-0.3, -0.25) is 4.79 Å². The van der Waals surface area contributed by atoms with E-state index < -0.39 is 5.97 Å². The van der Waals surface area contributed by atoms with Crippen molar-refractivity contribution in [3.05, 3.63) is 59.7 Å². The van der Waals surface area contributed by atoms with E-state index in [2.05, 4.69) is 5.32 Å². The van der Waals surface area contributed by atoms with Gasteiger partial charge in [0.1, 0.15) is 5.75 Å². The number of hydrogen-bond acceptors (Lipinski definition) is 4. The lowest BCUT2D eigenvalue weighted by Gasteiger charge is -2.17. The number of thioether (sulfide) groups is 1. The number of carboxylic acid groups (broad SMARTS) is 1. The molecule has 0 aromatic heterocycles. The first-order valence-electron chi connectivity index (χ1n) is 7.40. The summed E-state index contributed by atoms with van der Waals surface area (Å²) in [5, 5.41) is 12.1. The fraction of sp³-hybridized carbons (Fsp3) is 0.222. The average molecular weight is 345 g/mol. The van der Waals surface area contributed by atoms with Crippen LogP contribution in [-0.4, -0.2) is 29.8 Å². The first-order chi connectivity index (χ1) is 11.5. The van der Waals surface area contributed by atoms with Crippen molar-refractivity contribution >= 4 is 23.6 Å². The molecule has 0 heterocycles. The third kappa shape index (κ3) is 4.52. The van der Waals surface area contributed by atoms with E-state index in [1.165, 1.54) is 17.8 Å². The zero-order valence-corrected chi connectivity index (χ0v) is 14.3. The van der Waals surface area contributed by atoms with Gasteiger partial charge in [0, 0.05) is 10.5 Å². The Morgan fingerprint density at radius 1 is 1.17 bits per heavy atom. The van der Waals surface area contributed by atoms with E-state index in [9.17, 15) is 9.59 Å². The quantitative estimate of drug-likeness (QED) is 0.753. The van der Waals surface area contributed by atoms with Gasteiger partial charge in [-0.1, -0.05) is 30.3 Å². The van der Waals surface area contributed by atoms with Crippen LogP contribution in [-0.2, 0) is 4.79 Å². The van der Waals surface area contributed by atoms with Crippen LogP contribution in [0.4, 0.5) is 0 Å². The molecule has 2 N–H and O–H groups in total. The van der Waals surface area contributed by atoms with Crippen LogP contribution in [0, 0.1) is 0 Å². The molecule has 5 nitrogen and oxygen atoms in total. The van der Waals surface area contributed by atoms with E-state index in [1.807, 2.05) is 31.2 Å². The highest BCUT2D eigenvalue weighted by atomic mass is 32.2. The number of hydrogen-bond donors (Lipinski definition) is 2. The number of amides is 1. The number of para-hydroxylation sites is 1. The summed E-state index contributed by atoms with van der Waals surface area (Å²) >= 11 is 1.21. The highest BCUT2D eigenvalue weighted by Gasteiger charge is 2.15. The molecule has 0 unspecified atom stereocenters. The Balaban J connectivity index is 1.98. The topological polar surface area (TPSA) is 75.6 Å². The van der Waals surface area contributed by atoms with Gasteiger partial charge in [0.2, 0.25) is 5.91 Å². The lowest BCUT2D eigenvalue weighted by molar-refractivity contribution is -0.119. The maximum atomic E-state index is 12.2. The number of ether oxygens (including phenoxy) is 1. The number of nitrogens with one attached hydrogen (secondary N) is 1. The second kappa shape index (κ2) is 8.40. The minimum atomic E-state index is -0.999. The van der Waals surface area contributed by atoms with E-state index in [1.54, 1.807) is 25.3 Å². The molecular formula is C18H19NO4S. The zero-order valence-electron chi connectivity index (χ0n) is 13.5. The van der Waals surface area contributed by atoms with Crippen LogP contribution in [0.1, 0.15) is 28.9 Å². The predicted molar refractivity (Wildman–Crippen MR) is 93.7 cm³/mol. The largest absolute Gasteiger partial charge is 0.496 e. The minimum absolute atomic E-state index is 0.143. The smallest absolute Gasteiger partial charge is 0.336 e. The highest BCUT2D eigenvalue weighted by molar-refractivity contribution is 8.00. The molecule has 0 spiro atoms. The third-order valence-corrected chi connectivity index (χ3v) is 4.53. The molecule has 2 rings (SSSR count). The zero-order chi connectivity index (χ0) is 17.5. The summed E-state index contributed by atoms with van der Waals surface area (Å²) in [7, 11) is 1.59. The van der Waals surface area contributed by atoms with Gasteiger partial charge < -0.3 is 15.2 Å². The molecule has 0 aliphatic rings. The molecule has 2 aromatic carbocycles. The van der Waals surface area contributed by atoms with Crippen molar-refractivity contribution in [3.8, 4) is 5.75 Å². The van der Waals surface area contributed by atoms with Crippen molar-refractivity contribution in [2.24, 2.45) is 0 Å². The van der Waals surface area contributed by atoms with Gasteiger partial charge in [-0.15, -0.1) is 11.8 Å². The van der Waals surface area contributed by atoms with Crippen molar-refractivity contribution in [3.63, 3.8) is 0 Å². The Morgan fingerprint density at radius 3 is 2.54 bits per heavy atom. The minimum Gasteiger partial charge on any atom is -0.496 e. The predicted octanol–water partition coefficient (Wildman–Crippen LogP) is 3.36. The van der Waals surface area contributed by atoms with Crippen LogP contribution in [0.15, 0.2) is 53.4 Å². The van der Waals surface area contributed by atoms with E-state index in [0.29, 0.717) is 10.6 Å². The van der Waals surface area contributed by atoms with Gasteiger partial charge in [0.25, 0.3) is 0 Å². The second-order valence-corrected chi connectivity index (χ2v) is 6.14. The Morgan fingerprint density at radius 2 is 1.83 bits per heavy atom. The number of rotatable bonds is 7. The summed E-state index contributed by atoms with van der Waals surface area (Å²) < 4.78 is 5.30. The third-order valence-electron chi connectivity index (χ3n) is 3.46. The van der Waals surface area contributed by atoms with Crippen molar-refractivity contribution in [2.45, 2.75) is 17.9 Å². The normalized spacial score (nSPS) is 11.6. The summed E-state index contributed by atoms with van der Waals surface area (Å²) in [6.07, 6.45) is 0. The van der Waals surface area contributed by atoms with Crippen molar-refractivity contribution < 1.29 is 19.4 Å². The van der Waals surface area contributed by atoms with Gasteiger partial charge >= 0.3 is 5.97 Å². The standard InChI is InChI=1S/C18H19NO4S/c1-12(13-7-3-5-9-15(13)23-2)19-17(20)11-24-16-10-6-4-8-14(16)18(21)22/h3-10,12H,11H2,1-2H3,(H,19,20)(H,21,22)/t12-/m0/s1. The van der Waals surface area contributed by atoms with Gasteiger partial charge in [-0.05, 0) is 25.1 Å². The molecule has 24 heavy (non-hydrogen) atoms. The second-order valence-electron chi connectivity index (χ2n) is 5.12. The van der Waals surface area contributed by atoms with Gasteiger partial charge in [0.15, 0.2) is 0 Å². The molecule has 126 valence electrons. The molecule has 0 fully saturated rings. The maximum absolute atomic E-state index is 12.2. The van der Waals surface area contributed by atoms with Crippen molar-refractivity contribution in [1.82, 2.24) is 5.32 Å². The van der Waals surface area contributed by atoms with Crippen LogP contribution in [0.2, 0.25) is 0 Å². The Labute approximate surface area is 145 Å². The fourth-order valence-electron chi connectivity index (χ4n) is 2.30. The van der Waals surface area contributed by atoms with Crippen molar-refractivity contribution in [1.29, 1.82) is 0 Å². The number of methoxy groups -OCH3 is 1. The van der Waals surface area contributed by atoms with E-state index in [-0.39, 0.29) is 23.3 Å². The monoisotopic (exact) mass is 345 g/mol. The highest BCUT2D eigenvalue weighted by Crippen LogP contribution is 2.25. The number of carbonyl (C=O) groups is 2. The van der Waals surface area contributed by atoms with Gasteiger partial charge in [0.05, 0.1) is 24.5 Å². The van der Waals surface area contributed by atoms with Crippen LogP contribution in [0.25, 0.3) is 0 Å². The van der Waals surface area contributed by atoms with Crippen LogP contribution >= 0.6 is 11.8 Å². The molecule has 6 heteroatoms. The molecule has 1 amide bonds. The molecule has 0 aliphatic carbocycles. The Bertz CT molecular complexity index is 732. The molecular weight excluding hydrogens is 326 g/mol. The summed E-state index contributed by atoms with van der Waals surface area (Å²) in [6, 6.07) is 13.9. The van der Waals surface area contributed by atoms with Crippen LogP contribution in [0.3, 0.4) is 0 Å². The number of carbonyl (C=O) groups excluding carboxylic acids is 1. The summed E-state index contributed by atoms with van der Waals surface area (Å²) in [5.74, 6) is -0.308. The number of benzene rings is 2. The Kier molecular flexibility index (Phi) is 6.26. The van der Waals surface area contributed by atoms with Gasteiger partial charge in [-0.25, -0.2) is 4.79 Å². The van der Waals surface area contributed by atoms with Crippen molar-refractivity contribution in [2.75, 3.05) is 12.9 Å². The molecule has 2 aromatic rings. The maximum Gasteiger partial charge on any atom is 0.336 e. The van der Waals surface area contributed by atoms with Crippen LogP contribution < -0.4 is 10.1 Å². The number of carboxylic acids is 1. The van der Waals surface area contributed by atoms with Crippen LogP contribution in [0.5, 0.6) is 5.75 Å². The summed E-state index contributed by atoms with van der Waals surface area (Å²) in [4.78, 5) is 23.9.